The smallest absolute Gasteiger partial charge is 0.308 e. The molecule has 0 aliphatic carbocycles. The van der Waals surface area contributed by atoms with Crippen LogP contribution < -0.4 is 0 Å². The number of hydrogen-bond donors (Lipinski definition) is 1. The Morgan fingerprint density at radius 1 is 1.75 bits per heavy atom. The fourth-order valence-electron chi connectivity index (χ4n) is 1.31. The van der Waals surface area contributed by atoms with Crippen molar-refractivity contribution in [2.75, 3.05) is 13.1 Å². The number of nitrogens with zero attached hydrogens (tertiary/aromatic N) is 1. The lowest BCUT2D eigenvalue weighted by Crippen LogP contribution is -2.32. The van der Waals surface area contributed by atoms with Gasteiger partial charge < -0.3 is 10.0 Å². The maximum atomic E-state index is 11.1. The first kappa shape index (κ1) is 9.03. The summed E-state index contributed by atoms with van der Waals surface area (Å²) < 4.78 is 0. The molecular formula is C8H13NO3. The highest BCUT2D eigenvalue weighted by molar-refractivity contribution is 5.79. The average molecular weight is 171 g/mol. The largest absolute Gasteiger partial charge is 0.481 e. The molecule has 1 unspecified atom stereocenters. The van der Waals surface area contributed by atoms with Crippen LogP contribution in [0.5, 0.6) is 0 Å². The molecule has 0 aromatic rings. The van der Waals surface area contributed by atoms with E-state index < -0.39 is 11.9 Å². The third-order valence-electron chi connectivity index (χ3n) is 2.09. The number of likely N-dealkylation sites (tertiary alicyclic amines) is 1. The highest BCUT2D eigenvalue weighted by Gasteiger charge is 2.23. The second-order valence-electron chi connectivity index (χ2n) is 3.18. The van der Waals surface area contributed by atoms with Crippen LogP contribution in [0.4, 0.5) is 0 Å². The lowest BCUT2D eigenvalue weighted by atomic mass is 10.2. The lowest BCUT2D eigenvalue weighted by Gasteiger charge is -2.17. The fraction of sp³-hybridized carbons (Fsp3) is 0.750. The Kier molecular flexibility index (Phi) is 2.68. The molecule has 0 bridgehead atoms. The maximum absolute atomic E-state index is 11.1. The molecule has 4 heteroatoms. The van der Waals surface area contributed by atoms with Crippen molar-refractivity contribution in [2.24, 2.45) is 5.92 Å². The van der Waals surface area contributed by atoms with Gasteiger partial charge in [0.2, 0.25) is 5.91 Å². The Bertz CT molecular complexity index is 202. The predicted molar refractivity (Wildman–Crippen MR) is 42.6 cm³/mol. The van der Waals surface area contributed by atoms with E-state index >= 15 is 0 Å². The van der Waals surface area contributed by atoms with Crippen molar-refractivity contribution in [2.45, 2.75) is 19.8 Å². The molecule has 0 saturated carbocycles. The number of aliphatic carboxylic acids is 1. The summed E-state index contributed by atoms with van der Waals surface area (Å²) in [5, 5.41) is 8.59. The highest BCUT2D eigenvalue weighted by atomic mass is 16.4. The molecule has 1 amide bonds. The van der Waals surface area contributed by atoms with Crippen LogP contribution in [-0.2, 0) is 9.59 Å². The minimum absolute atomic E-state index is 0.0862. The second kappa shape index (κ2) is 3.56. The number of amides is 1. The second-order valence-corrected chi connectivity index (χ2v) is 3.18. The van der Waals surface area contributed by atoms with E-state index in [4.69, 9.17) is 5.11 Å². The molecular weight excluding hydrogens is 158 g/mol. The summed E-state index contributed by atoms with van der Waals surface area (Å²) in [7, 11) is 0. The van der Waals surface area contributed by atoms with Crippen LogP contribution in [-0.4, -0.2) is 35.0 Å². The van der Waals surface area contributed by atoms with Gasteiger partial charge in [-0.1, -0.05) is 6.92 Å². The molecule has 0 aromatic carbocycles. The SMILES string of the molecule is CC(CN1CCCC1=O)C(=O)O. The summed E-state index contributed by atoms with van der Waals surface area (Å²) in [6.07, 6.45) is 1.44. The number of hydrogen-bond acceptors (Lipinski definition) is 2. The monoisotopic (exact) mass is 171 g/mol. The van der Waals surface area contributed by atoms with Gasteiger partial charge in [0.25, 0.3) is 0 Å². The van der Waals surface area contributed by atoms with Crippen LogP contribution >= 0.6 is 0 Å². The summed E-state index contributed by atoms with van der Waals surface area (Å²) in [5.41, 5.74) is 0. The van der Waals surface area contributed by atoms with Crippen molar-refractivity contribution in [1.29, 1.82) is 0 Å². The first-order valence-electron chi connectivity index (χ1n) is 4.12. The van der Waals surface area contributed by atoms with E-state index in [0.717, 1.165) is 13.0 Å². The summed E-state index contributed by atoms with van der Waals surface area (Å²) in [4.78, 5) is 23.1. The normalized spacial score (nSPS) is 19.8. The molecule has 1 saturated heterocycles. The van der Waals surface area contributed by atoms with Gasteiger partial charge in [0.1, 0.15) is 0 Å². The Hall–Kier alpha value is -1.06. The van der Waals surface area contributed by atoms with Gasteiger partial charge in [0.05, 0.1) is 5.92 Å². The fourth-order valence-corrected chi connectivity index (χ4v) is 1.31. The van der Waals surface area contributed by atoms with Gasteiger partial charge in [-0.3, -0.25) is 9.59 Å². The predicted octanol–water partition coefficient (Wildman–Crippen LogP) is 0.329. The molecule has 1 aliphatic heterocycles. The van der Waals surface area contributed by atoms with E-state index in [0.29, 0.717) is 13.0 Å². The highest BCUT2D eigenvalue weighted by Crippen LogP contribution is 2.11. The molecule has 1 atom stereocenters. The molecule has 1 aliphatic rings. The topological polar surface area (TPSA) is 57.6 Å². The van der Waals surface area contributed by atoms with Gasteiger partial charge in [0, 0.05) is 19.5 Å². The molecule has 1 N–H and O–H groups in total. The molecule has 68 valence electrons. The van der Waals surface area contributed by atoms with Crippen molar-refractivity contribution in [3.05, 3.63) is 0 Å². The Balaban J connectivity index is 2.40. The molecule has 0 spiro atoms. The number of carboxylic acid groups (broad SMARTS) is 1. The number of rotatable bonds is 3. The summed E-state index contributed by atoms with van der Waals surface area (Å²) >= 11 is 0. The van der Waals surface area contributed by atoms with Crippen LogP contribution in [0.15, 0.2) is 0 Å². The zero-order valence-electron chi connectivity index (χ0n) is 7.12. The van der Waals surface area contributed by atoms with Crippen molar-refractivity contribution in [3.8, 4) is 0 Å². The lowest BCUT2D eigenvalue weighted by molar-refractivity contribution is -0.142. The van der Waals surface area contributed by atoms with Gasteiger partial charge in [-0.25, -0.2) is 0 Å². The Labute approximate surface area is 71.2 Å². The average Bonchev–Trinajstić information content (AvgIpc) is 2.36. The number of carboxylic acids is 1. The molecule has 0 aromatic heterocycles. The van der Waals surface area contributed by atoms with Crippen molar-refractivity contribution < 1.29 is 14.7 Å². The van der Waals surface area contributed by atoms with E-state index in [-0.39, 0.29) is 5.91 Å². The summed E-state index contributed by atoms with van der Waals surface area (Å²) in [5.74, 6) is -1.20. The summed E-state index contributed by atoms with van der Waals surface area (Å²) in [6, 6.07) is 0. The van der Waals surface area contributed by atoms with Gasteiger partial charge in [-0.05, 0) is 6.42 Å². The van der Waals surface area contributed by atoms with Crippen LogP contribution in [0.3, 0.4) is 0 Å². The first-order chi connectivity index (χ1) is 5.61. The van der Waals surface area contributed by atoms with Crippen molar-refractivity contribution in [1.82, 2.24) is 4.90 Å². The molecule has 1 rings (SSSR count). The van der Waals surface area contributed by atoms with Crippen LogP contribution in [0.2, 0.25) is 0 Å². The van der Waals surface area contributed by atoms with Crippen LogP contribution in [0.25, 0.3) is 0 Å². The Morgan fingerprint density at radius 2 is 2.42 bits per heavy atom. The minimum Gasteiger partial charge on any atom is -0.481 e. The van der Waals surface area contributed by atoms with Gasteiger partial charge >= 0.3 is 5.97 Å². The van der Waals surface area contributed by atoms with Gasteiger partial charge in [-0.15, -0.1) is 0 Å². The van der Waals surface area contributed by atoms with E-state index in [1.807, 2.05) is 0 Å². The van der Waals surface area contributed by atoms with Crippen molar-refractivity contribution >= 4 is 11.9 Å². The van der Waals surface area contributed by atoms with Crippen molar-refractivity contribution in [3.63, 3.8) is 0 Å². The van der Waals surface area contributed by atoms with E-state index in [1.165, 1.54) is 0 Å². The first-order valence-corrected chi connectivity index (χ1v) is 4.12. The zero-order chi connectivity index (χ0) is 9.14. The van der Waals surface area contributed by atoms with Crippen LogP contribution in [0.1, 0.15) is 19.8 Å². The number of carbonyl (C=O) groups excluding carboxylic acids is 1. The van der Waals surface area contributed by atoms with Gasteiger partial charge in [-0.2, -0.15) is 0 Å². The molecule has 1 heterocycles. The molecule has 0 radical (unpaired) electrons. The molecule has 12 heavy (non-hydrogen) atoms. The van der Waals surface area contributed by atoms with Crippen LogP contribution in [0, 0.1) is 5.92 Å². The van der Waals surface area contributed by atoms with E-state index in [1.54, 1.807) is 11.8 Å². The van der Waals surface area contributed by atoms with E-state index in [9.17, 15) is 9.59 Å². The number of carbonyl (C=O) groups is 2. The quantitative estimate of drug-likeness (QED) is 0.665. The Morgan fingerprint density at radius 3 is 2.83 bits per heavy atom. The minimum atomic E-state index is -0.838. The zero-order valence-corrected chi connectivity index (χ0v) is 7.12. The third kappa shape index (κ3) is 1.96. The molecule has 1 fully saturated rings. The molecule has 4 nitrogen and oxygen atoms in total. The van der Waals surface area contributed by atoms with E-state index in [2.05, 4.69) is 0 Å². The van der Waals surface area contributed by atoms with Gasteiger partial charge in [0.15, 0.2) is 0 Å². The standard InChI is InChI=1S/C8H13NO3/c1-6(8(11)12)5-9-4-2-3-7(9)10/h6H,2-5H2,1H3,(H,11,12). The maximum Gasteiger partial charge on any atom is 0.308 e. The third-order valence-corrected chi connectivity index (χ3v) is 2.09. The summed E-state index contributed by atoms with van der Waals surface area (Å²) in [6.45, 7) is 2.69.